The second-order valence-electron chi connectivity index (χ2n) is 5.82. The van der Waals surface area contributed by atoms with Crippen LogP contribution in [0, 0.1) is 11.8 Å². The van der Waals surface area contributed by atoms with Crippen LogP contribution < -0.4 is 11.1 Å². The van der Waals surface area contributed by atoms with Crippen LogP contribution in [0.5, 0.6) is 0 Å². The van der Waals surface area contributed by atoms with Gasteiger partial charge in [-0.15, -0.1) is 0 Å². The van der Waals surface area contributed by atoms with Gasteiger partial charge < -0.3 is 16.0 Å². The van der Waals surface area contributed by atoms with Gasteiger partial charge >= 0.3 is 6.03 Å². The lowest BCUT2D eigenvalue weighted by atomic mass is 9.75. The van der Waals surface area contributed by atoms with Gasteiger partial charge in [0.1, 0.15) is 11.4 Å². The minimum Gasteiger partial charge on any atom is -0.385 e. The maximum atomic E-state index is 12.1. The number of carbonyl (C=O) groups excluding carboxylic acids is 1. The molecule has 1 saturated heterocycles. The maximum Gasteiger partial charge on any atom is 0.346 e. The summed E-state index contributed by atoms with van der Waals surface area (Å²) in [5.41, 5.74) is 5.86. The fourth-order valence-electron chi connectivity index (χ4n) is 3.47. The van der Waals surface area contributed by atoms with Crippen molar-refractivity contribution in [3.63, 3.8) is 0 Å². The Morgan fingerprint density at radius 2 is 2.33 bits per heavy atom. The van der Waals surface area contributed by atoms with Crippen LogP contribution in [0.1, 0.15) is 32.6 Å². The molecule has 2 unspecified atom stereocenters. The van der Waals surface area contributed by atoms with Crippen molar-refractivity contribution in [1.82, 2.24) is 10.2 Å². The van der Waals surface area contributed by atoms with Crippen LogP contribution in [0.4, 0.5) is 4.79 Å². The summed E-state index contributed by atoms with van der Waals surface area (Å²) in [6.07, 6.45) is 4.42. The van der Waals surface area contributed by atoms with Crippen LogP contribution >= 0.6 is 0 Å². The first-order chi connectivity index (χ1) is 8.68. The van der Waals surface area contributed by atoms with Gasteiger partial charge in [0.25, 0.3) is 0 Å². The molecule has 18 heavy (non-hydrogen) atoms. The van der Waals surface area contributed by atoms with E-state index in [4.69, 9.17) is 5.73 Å². The summed E-state index contributed by atoms with van der Waals surface area (Å²) >= 11 is 0. The van der Waals surface area contributed by atoms with E-state index in [0.29, 0.717) is 17.7 Å². The number of amidine groups is 1. The van der Waals surface area contributed by atoms with E-state index in [2.05, 4.69) is 17.2 Å². The van der Waals surface area contributed by atoms with Crippen molar-refractivity contribution in [3.05, 3.63) is 0 Å². The summed E-state index contributed by atoms with van der Waals surface area (Å²) in [5.74, 6) is 1.63. The smallest absolute Gasteiger partial charge is 0.346 e. The number of aliphatic imine (C=N–C) groups is 1. The van der Waals surface area contributed by atoms with Crippen LogP contribution in [-0.2, 0) is 0 Å². The van der Waals surface area contributed by atoms with Crippen molar-refractivity contribution in [3.8, 4) is 0 Å². The molecule has 2 amide bonds. The topological polar surface area (TPSA) is 70.7 Å². The molecule has 1 aliphatic carbocycles. The molecule has 2 heterocycles. The van der Waals surface area contributed by atoms with E-state index < -0.39 is 0 Å². The summed E-state index contributed by atoms with van der Waals surface area (Å²) in [6.45, 7) is 4.87. The molecule has 1 spiro atoms. The molecule has 5 heteroatoms. The molecule has 3 aliphatic rings. The lowest BCUT2D eigenvalue weighted by Gasteiger charge is -2.47. The average molecular weight is 250 g/mol. The first-order valence-electron chi connectivity index (χ1n) is 7.05. The van der Waals surface area contributed by atoms with Gasteiger partial charge in [-0.3, -0.25) is 0 Å². The number of carbonyl (C=O) groups is 1. The van der Waals surface area contributed by atoms with Crippen LogP contribution in [0.15, 0.2) is 4.99 Å². The largest absolute Gasteiger partial charge is 0.385 e. The number of nitrogens with zero attached hydrogens (tertiary/aromatic N) is 2. The molecule has 2 aliphatic heterocycles. The van der Waals surface area contributed by atoms with Gasteiger partial charge in [0, 0.05) is 19.0 Å². The molecular weight excluding hydrogens is 228 g/mol. The highest BCUT2D eigenvalue weighted by atomic mass is 16.2. The fraction of sp³-hybridized carbons (Fsp3) is 0.846. The fourth-order valence-corrected chi connectivity index (χ4v) is 3.47. The first kappa shape index (κ1) is 12.0. The van der Waals surface area contributed by atoms with Crippen molar-refractivity contribution in [2.75, 3.05) is 19.6 Å². The number of nitrogens with one attached hydrogen (secondary N) is 1. The summed E-state index contributed by atoms with van der Waals surface area (Å²) in [7, 11) is 0. The molecule has 3 rings (SSSR count). The van der Waals surface area contributed by atoms with Crippen molar-refractivity contribution in [2.24, 2.45) is 22.6 Å². The van der Waals surface area contributed by atoms with Crippen molar-refractivity contribution < 1.29 is 4.79 Å². The van der Waals surface area contributed by atoms with Gasteiger partial charge in [-0.25, -0.2) is 4.79 Å². The average Bonchev–Trinajstić information content (AvgIpc) is 3.15. The van der Waals surface area contributed by atoms with Crippen LogP contribution in [0.25, 0.3) is 0 Å². The quantitative estimate of drug-likeness (QED) is 0.783. The van der Waals surface area contributed by atoms with E-state index in [1.165, 1.54) is 12.8 Å². The third kappa shape index (κ3) is 1.64. The van der Waals surface area contributed by atoms with E-state index in [-0.39, 0.29) is 11.6 Å². The second-order valence-corrected chi connectivity index (χ2v) is 5.82. The summed E-state index contributed by atoms with van der Waals surface area (Å²) < 4.78 is 0. The van der Waals surface area contributed by atoms with Crippen LogP contribution in [0.2, 0.25) is 0 Å². The predicted octanol–water partition coefficient (Wildman–Crippen LogP) is 0.948. The van der Waals surface area contributed by atoms with Gasteiger partial charge in [0.05, 0.1) is 0 Å². The number of hydrogen-bond acceptors (Lipinski definition) is 3. The van der Waals surface area contributed by atoms with Gasteiger partial charge in [0.2, 0.25) is 0 Å². The zero-order valence-corrected chi connectivity index (χ0v) is 11.0. The highest BCUT2D eigenvalue weighted by molar-refractivity contribution is 6.06. The summed E-state index contributed by atoms with van der Waals surface area (Å²) in [5, 5.41) is 3.41. The van der Waals surface area contributed by atoms with E-state index in [9.17, 15) is 4.79 Å². The van der Waals surface area contributed by atoms with E-state index in [1.807, 2.05) is 4.90 Å². The molecule has 0 aromatic rings. The monoisotopic (exact) mass is 250 g/mol. The third-order valence-corrected chi connectivity index (χ3v) is 4.75. The number of urea groups is 1. The molecule has 0 aromatic carbocycles. The standard InChI is InChI=1S/C13H22N4O/c1-2-10-7-15-6-5-13(10)11(14)16-12(18)17(13)8-9-3-4-9/h9-10,15H,2-8H2,1H3,(H2,14,16,18). The van der Waals surface area contributed by atoms with Gasteiger partial charge in [-0.1, -0.05) is 6.92 Å². The lowest BCUT2D eigenvalue weighted by Crippen LogP contribution is -2.64. The molecule has 2 atom stereocenters. The highest BCUT2D eigenvalue weighted by Gasteiger charge is 2.54. The van der Waals surface area contributed by atoms with Crippen molar-refractivity contribution >= 4 is 11.9 Å². The number of hydrogen-bond donors (Lipinski definition) is 2. The molecule has 3 N–H and O–H groups in total. The minimum absolute atomic E-state index is 0.111. The Kier molecular flexibility index (Phi) is 2.81. The number of amides is 2. The number of piperidine rings is 1. The Morgan fingerprint density at radius 3 is 3.00 bits per heavy atom. The Balaban J connectivity index is 1.92. The Labute approximate surface area is 108 Å². The normalized spacial score (nSPS) is 36.3. The Bertz CT molecular complexity index is 390. The number of rotatable bonds is 3. The van der Waals surface area contributed by atoms with Crippen LogP contribution in [-0.4, -0.2) is 41.9 Å². The third-order valence-electron chi connectivity index (χ3n) is 4.75. The van der Waals surface area contributed by atoms with E-state index >= 15 is 0 Å². The summed E-state index contributed by atoms with van der Waals surface area (Å²) in [4.78, 5) is 18.2. The molecule has 0 aromatic heterocycles. The Hall–Kier alpha value is -1.10. The zero-order chi connectivity index (χ0) is 12.8. The van der Waals surface area contributed by atoms with Gasteiger partial charge in [-0.05, 0) is 38.1 Å². The van der Waals surface area contributed by atoms with Crippen LogP contribution in [0.3, 0.4) is 0 Å². The second kappa shape index (κ2) is 4.23. The SMILES string of the molecule is CCC1CNCCC12C(N)=NC(=O)N2CC1CC1. The number of nitrogens with two attached hydrogens (primary N) is 1. The minimum atomic E-state index is -0.292. The van der Waals surface area contributed by atoms with E-state index in [1.54, 1.807) is 0 Å². The lowest BCUT2D eigenvalue weighted by molar-refractivity contribution is 0.0965. The van der Waals surface area contributed by atoms with Gasteiger partial charge in [0.15, 0.2) is 0 Å². The first-order valence-corrected chi connectivity index (χ1v) is 7.05. The molecule has 2 fully saturated rings. The predicted molar refractivity (Wildman–Crippen MR) is 70.4 cm³/mol. The Morgan fingerprint density at radius 1 is 1.56 bits per heavy atom. The molecule has 100 valence electrons. The summed E-state index contributed by atoms with van der Waals surface area (Å²) in [6, 6.07) is -0.111. The zero-order valence-electron chi connectivity index (χ0n) is 11.0. The molecule has 5 nitrogen and oxygen atoms in total. The van der Waals surface area contributed by atoms with Crippen molar-refractivity contribution in [1.29, 1.82) is 0 Å². The molecular formula is C13H22N4O. The van der Waals surface area contributed by atoms with Gasteiger partial charge in [-0.2, -0.15) is 4.99 Å². The maximum absolute atomic E-state index is 12.1. The van der Waals surface area contributed by atoms with Crippen molar-refractivity contribution in [2.45, 2.75) is 38.1 Å². The highest BCUT2D eigenvalue weighted by Crippen LogP contribution is 2.41. The van der Waals surface area contributed by atoms with E-state index in [0.717, 1.165) is 32.5 Å². The molecule has 0 radical (unpaired) electrons. The molecule has 0 bridgehead atoms. The molecule has 1 saturated carbocycles.